The second-order valence-corrected chi connectivity index (χ2v) is 4.76. The Morgan fingerprint density at radius 2 is 2.38 bits per heavy atom. The van der Waals surface area contributed by atoms with Gasteiger partial charge in [-0.1, -0.05) is 6.92 Å². The number of carbonyl (C=O) groups excluding carboxylic acids is 1. The minimum Gasteiger partial charge on any atom is -0.356 e. The molecule has 76 valence electrons. The summed E-state index contributed by atoms with van der Waals surface area (Å²) < 4.78 is 0. The molecule has 0 aromatic carbocycles. The van der Waals surface area contributed by atoms with Crippen LogP contribution in [0.15, 0.2) is 0 Å². The van der Waals surface area contributed by atoms with Gasteiger partial charge in [-0.25, -0.2) is 0 Å². The smallest absolute Gasteiger partial charge is 0.225 e. The topological polar surface area (TPSA) is 41.1 Å². The lowest BCUT2D eigenvalue weighted by molar-refractivity contribution is -0.126. The molecule has 4 heteroatoms. The molecule has 0 aromatic rings. The molecule has 0 spiro atoms. The lowest BCUT2D eigenvalue weighted by atomic mass is 10.0. The van der Waals surface area contributed by atoms with Crippen molar-refractivity contribution in [2.75, 3.05) is 25.9 Å². The highest BCUT2D eigenvalue weighted by molar-refractivity contribution is 7.99. The van der Waals surface area contributed by atoms with E-state index in [0.717, 1.165) is 26.1 Å². The van der Waals surface area contributed by atoms with E-state index in [9.17, 15) is 4.79 Å². The second kappa shape index (κ2) is 5.50. The quantitative estimate of drug-likeness (QED) is 0.680. The lowest BCUT2D eigenvalue weighted by Gasteiger charge is -2.25. The Bertz CT molecular complexity index is 171. The van der Waals surface area contributed by atoms with E-state index in [2.05, 4.69) is 23.8 Å². The molecule has 1 rings (SSSR count). The number of rotatable bonds is 5. The van der Waals surface area contributed by atoms with Gasteiger partial charge in [0.15, 0.2) is 0 Å². The maximum absolute atomic E-state index is 11.3. The van der Waals surface area contributed by atoms with Crippen molar-refractivity contribution in [1.29, 1.82) is 0 Å². The molecule has 0 bridgehead atoms. The Kier molecular flexibility index (Phi) is 4.59. The fraction of sp³-hybridized carbons (Fsp3) is 0.889. The monoisotopic (exact) mass is 202 g/mol. The first-order chi connectivity index (χ1) is 6.24. The Balaban J connectivity index is 2.01. The van der Waals surface area contributed by atoms with Crippen LogP contribution in [0.4, 0.5) is 0 Å². The molecule has 1 aliphatic rings. The van der Waals surface area contributed by atoms with E-state index in [4.69, 9.17) is 0 Å². The fourth-order valence-electron chi connectivity index (χ4n) is 1.13. The summed E-state index contributed by atoms with van der Waals surface area (Å²) in [5.41, 5.74) is 0. The van der Waals surface area contributed by atoms with Gasteiger partial charge in [0.05, 0.1) is 5.92 Å². The van der Waals surface area contributed by atoms with E-state index in [-0.39, 0.29) is 11.8 Å². The number of hydrogen-bond acceptors (Lipinski definition) is 3. The second-order valence-electron chi connectivity index (χ2n) is 3.48. The van der Waals surface area contributed by atoms with E-state index in [0.29, 0.717) is 5.25 Å². The van der Waals surface area contributed by atoms with Gasteiger partial charge in [-0.3, -0.25) is 4.79 Å². The van der Waals surface area contributed by atoms with Crippen LogP contribution in [0.5, 0.6) is 0 Å². The summed E-state index contributed by atoms with van der Waals surface area (Å²) in [6.45, 7) is 4.70. The van der Waals surface area contributed by atoms with Crippen LogP contribution < -0.4 is 10.6 Å². The lowest BCUT2D eigenvalue weighted by Crippen LogP contribution is -2.51. The van der Waals surface area contributed by atoms with E-state index in [1.807, 2.05) is 11.8 Å². The molecular weight excluding hydrogens is 184 g/mol. The maximum atomic E-state index is 11.3. The molecule has 13 heavy (non-hydrogen) atoms. The summed E-state index contributed by atoms with van der Waals surface area (Å²) in [4.78, 5) is 11.3. The van der Waals surface area contributed by atoms with Gasteiger partial charge in [0.25, 0.3) is 0 Å². The van der Waals surface area contributed by atoms with Crippen molar-refractivity contribution in [3.05, 3.63) is 0 Å². The van der Waals surface area contributed by atoms with Crippen molar-refractivity contribution in [3.63, 3.8) is 0 Å². The van der Waals surface area contributed by atoms with Crippen LogP contribution in [0.1, 0.15) is 13.3 Å². The van der Waals surface area contributed by atoms with Gasteiger partial charge in [0.1, 0.15) is 0 Å². The molecule has 0 radical (unpaired) electrons. The van der Waals surface area contributed by atoms with E-state index in [1.165, 1.54) is 0 Å². The summed E-state index contributed by atoms with van der Waals surface area (Å²) >= 11 is 1.84. The van der Waals surface area contributed by atoms with Crippen LogP contribution in [-0.2, 0) is 4.79 Å². The molecular formula is C9H18N2OS. The average Bonchev–Trinajstić information content (AvgIpc) is 2.01. The molecule has 1 heterocycles. The zero-order chi connectivity index (χ0) is 9.68. The maximum Gasteiger partial charge on any atom is 0.225 e. The summed E-state index contributed by atoms with van der Waals surface area (Å²) in [7, 11) is 0. The van der Waals surface area contributed by atoms with Crippen molar-refractivity contribution in [1.82, 2.24) is 10.6 Å². The Morgan fingerprint density at radius 3 is 2.85 bits per heavy atom. The third kappa shape index (κ3) is 3.56. The largest absolute Gasteiger partial charge is 0.356 e. The third-order valence-corrected chi connectivity index (χ3v) is 3.45. The van der Waals surface area contributed by atoms with Gasteiger partial charge in [0.2, 0.25) is 5.91 Å². The van der Waals surface area contributed by atoms with Gasteiger partial charge < -0.3 is 10.6 Å². The summed E-state index contributed by atoms with van der Waals surface area (Å²) in [6.07, 6.45) is 3.16. The van der Waals surface area contributed by atoms with Crippen LogP contribution in [0.2, 0.25) is 0 Å². The molecule has 2 N–H and O–H groups in total. The van der Waals surface area contributed by atoms with E-state index >= 15 is 0 Å². The highest BCUT2D eigenvalue weighted by Crippen LogP contribution is 2.08. The number of amides is 1. The molecule has 1 amide bonds. The Labute approximate surface area is 84.0 Å². The van der Waals surface area contributed by atoms with Crippen LogP contribution in [-0.4, -0.2) is 37.0 Å². The molecule has 1 saturated heterocycles. The zero-order valence-electron chi connectivity index (χ0n) is 8.30. The number of thioether (sulfide) groups is 1. The van der Waals surface area contributed by atoms with Crippen molar-refractivity contribution in [2.24, 2.45) is 5.92 Å². The predicted molar refractivity (Wildman–Crippen MR) is 57.0 cm³/mol. The molecule has 0 aromatic heterocycles. The fourth-order valence-corrected chi connectivity index (χ4v) is 1.49. The van der Waals surface area contributed by atoms with Crippen LogP contribution in [0.3, 0.4) is 0 Å². The van der Waals surface area contributed by atoms with Crippen LogP contribution in [0, 0.1) is 5.92 Å². The van der Waals surface area contributed by atoms with E-state index < -0.39 is 0 Å². The molecule has 1 atom stereocenters. The minimum absolute atomic E-state index is 0.215. The molecule has 0 saturated carbocycles. The van der Waals surface area contributed by atoms with Gasteiger partial charge in [-0.15, -0.1) is 0 Å². The first-order valence-corrected chi connectivity index (χ1v) is 6.04. The first-order valence-electron chi connectivity index (χ1n) is 4.75. The van der Waals surface area contributed by atoms with E-state index in [1.54, 1.807) is 0 Å². The number of nitrogens with one attached hydrogen (secondary N) is 2. The van der Waals surface area contributed by atoms with Gasteiger partial charge in [-0.2, -0.15) is 11.8 Å². The highest BCUT2D eigenvalue weighted by atomic mass is 32.2. The first kappa shape index (κ1) is 10.9. The van der Waals surface area contributed by atoms with Crippen molar-refractivity contribution >= 4 is 17.7 Å². The zero-order valence-corrected chi connectivity index (χ0v) is 9.12. The normalized spacial score (nSPS) is 19.2. The average molecular weight is 202 g/mol. The summed E-state index contributed by atoms with van der Waals surface area (Å²) in [5.74, 6) is 0.441. The SMILES string of the molecule is CSC(C)CCNC(=O)C1CNC1. The van der Waals surface area contributed by atoms with Crippen molar-refractivity contribution < 1.29 is 4.79 Å². The van der Waals surface area contributed by atoms with Gasteiger partial charge in [0, 0.05) is 24.9 Å². The Morgan fingerprint density at radius 1 is 1.69 bits per heavy atom. The molecule has 1 fully saturated rings. The summed E-state index contributed by atoms with van der Waals surface area (Å²) in [6, 6.07) is 0. The minimum atomic E-state index is 0.215. The molecule has 0 aliphatic carbocycles. The molecule has 1 unspecified atom stereocenters. The summed E-state index contributed by atoms with van der Waals surface area (Å²) in [5, 5.41) is 6.68. The number of hydrogen-bond donors (Lipinski definition) is 2. The van der Waals surface area contributed by atoms with Crippen molar-refractivity contribution in [2.45, 2.75) is 18.6 Å². The van der Waals surface area contributed by atoms with Gasteiger partial charge >= 0.3 is 0 Å². The highest BCUT2D eigenvalue weighted by Gasteiger charge is 2.24. The van der Waals surface area contributed by atoms with Gasteiger partial charge in [-0.05, 0) is 12.7 Å². The predicted octanol–water partition coefficient (Wildman–Crippen LogP) is 0.464. The third-order valence-electron chi connectivity index (χ3n) is 2.40. The number of carbonyl (C=O) groups is 1. The standard InChI is InChI=1S/C9H18N2OS/c1-7(13-2)3-4-11-9(12)8-5-10-6-8/h7-8,10H,3-6H2,1-2H3,(H,11,12). The molecule has 3 nitrogen and oxygen atoms in total. The molecule has 1 aliphatic heterocycles. The van der Waals surface area contributed by atoms with Crippen LogP contribution >= 0.6 is 11.8 Å². The Hall–Kier alpha value is -0.220. The van der Waals surface area contributed by atoms with Crippen LogP contribution in [0.25, 0.3) is 0 Å². The van der Waals surface area contributed by atoms with Crippen molar-refractivity contribution in [3.8, 4) is 0 Å².